The Kier molecular flexibility index (Phi) is 5.69. The second-order valence-electron chi connectivity index (χ2n) is 7.61. The van der Waals surface area contributed by atoms with E-state index in [0.29, 0.717) is 39.6 Å². The maximum atomic E-state index is 13.2. The normalized spacial score (nSPS) is 11.5. The summed E-state index contributed by atoms with van der Waals surface area (Å²) >= 11 is 0. The Balaban J connectivity index is 1.30. The summed E-state index contributed by atoms with van der Waals surface area (Å²) in [6, 6.07) is 19.3. The number of nitrogens with one attached hydrogen (secondary N) is 1. The van der Waals surface area contributed by atoms with Gasteiger partial charge >= 0.3 is 6.18 Å². The van der Waals surface area contributed by atoms with Gasteiger partial charge in [0.15, 0.2) is 5.65 Å². The van der Waals surface area contributed by atoms with Gasteiger partial charge < -0.3 is 15.2 Å². The molecule has 10 heteroatoms. The lowest BCUT2D eigenvalue weighted by atomic mass is 10.1. The molecule has 0 radical (unpaired) electrons. The summed E-state index contributed by atoms with van der Waals surface area (Å²) in [5.41, 5.74) is 7.82. The molecule has 5 aromatic rings. The van der Waals surface area contributed by atoms with Crippen LogP contribution in [0, 0.1) is 0 Å². The summed E-state index contributed by atoms with van der Waals surface area (Å²) in [4.78, 5) is 8.11. The summed E-state index contributed by atoms with van der Waals surface area (Å²) < 4.78 is 50.9. The highest BCUT2D eigenvalue weighted by Crippen LogP contribution is 2.36. The van der Waals surface area contributed by atoms with E-state index in [0.717, 1.165) is 11.6 Å². The molecular weight excluding hydrogens is 459 g/mol. The first-order valence-electron chi connectivity index (χ1n) is 10.5. The Labute approximate surface area is 197 Å². The third-order valence-electron chi connectivity index (χ3n) is 5.24. The van der Waals surface area contributed by atoms with Crippen LogP contribution in [0.2, 0.25) is 0 Å². The van der Waals surface area contributed by atoms with Crippen molar-refractivity contribution >= 4 is 16.9 Å². The van der Waals surface area contributed by atoms with E-state index in [9.17, 15) is 13.2 Å². The van der Waals surface area contributed by atoms with Crippen LogP contribution in [-0.2, 0) is 12.8 Å². The quantitative estimate of drug-likeness (QED) is 0.312. The fraction of sp³-hybridized carbons (Fsp3) is 0.0800. The molecule has 5 rings (SSSR count). The molecule has 0 bridgehead atoms. The summed E-state index contributed by atoms with van der Waals surface area (Å²) in [7, 11) is 0. The van der Waals surface area contributed by atoms with E-state index in [2.05, 4.69) is 20.2 Å². The number of benzene rings is 3. The second kappa shape index (κ2) is 8.98. The first kappa shape index (κ1) is 22.2. The molecule has 0 unspecified atom stereocenters. The fourth-order valence-electron chi connectivity index (χ4n) is 3.60. The zero-order valence-electron chi connectivity index (χ0n) is 18.1. The third-order valence-corrected chi connectivity index (χ3v) is 5.24. The minimum Gasteiger partial charge on any atom is -0.488 e. The van der Waals surface area contributed by atoms with Crippen LogP contribution < -0.4 is 15.2 Å². The average Bonchev–Trinajstić information content (AvgIpc) is 3.29. The number of aromatic nitrogens is 4. The Bertz CT molecular complexity index is 1480. The molecule has 3 aromatic carbocycles. The van der Waals surface area contributed by atoms with Crippen LogP contribution in [0.5, 0.6) is 17.2 Å². The lowest BCUT2D eigenvalue weighted by molar-refractivity contribution is -0.139. The predicted octanol–water partition coefficient (Wildman–Crippen LogP) is 5.99. The molecular formula is C25H18F3N5O2. The van der Waals surface area contributed by atoms with Crippen molar-refractivity contribution in [3.63, 3.8) is 0 Å². The molecule has 0 aliphatic carbocycles. The first-order chi connectivity index (χ1) is 16.9. The van der Waals surface area contributed by atoms with E-state index in [1.165, 1.54) is 24.5 Å². The van der Waals surface area contributed by atoms with Gasteiger partial charge in [-0.05, 0) is 54.1 Å². The molecule has 0 saturated carbocycles. The van der Waals surface area contributed by atoms with Gasteiger partial charge in [0.1, 0.15) is 36.0 Å². The van der Waals surface area contributed by atoms with Crippen molar-refractivity contribution in [2.24, 2.45) is 0 Å². The maximum absolute atomic E-state index is 13.2. The number of fused-ring (bicyclic) bond motifs is 1. The number of para-hydroxylation sites is 1. The van der Waals surface area contributed by atoms with E-state index >= 15 is 0 Å². The molecule has 0 amide bonds. The molecule has 0 fully saturated rings. The molecule has 0 aliphatic heterocycles. The van der Waals surface area contributed by atoms with Gasteiger partial charge in [0.2, 0.25) is 0 Å². The van der Waals surface area contributed by atoms with Crippen LogP contribution in [0.3, 0.4) is 0 Å². The van der Waals surface area contributed by atoms with E-state index in [-0.39, 0.29) is 12.4 Å². The number of aromatic amines is 1. The summed E-state index contributed by atoms with van der Waals surface area (Å²) in [5, 5.41) is 7.72. The Hall–Kier alpha value is -4.60. The smallest absolute Gasteiger partial charge is 0.419 e. The zero-order valence-corrected chi connectivity index (χ0v) is 18.1. The minimum absolute atomic E-state index is 0.0420. The number of anilines is 1. The molecule has 2 aromatic heterocycles. The highest BCUT2D eigenvalue weighted by molar-refractivity contribution is 5.97. The van der Waals surface area contributed by atoms with Gasteiger partial charge in [-0.3, -0.25) is 5.10 Å². The Morgan fingerprint density at radius 3 is 2.49 bits per heavy atom. The number of rotatable bonds is 6. The number of nitrogens with zero attached hydrogens (tertiary/aromatic N) is 3. The van der Waals surface area contributed by atoms with Crippen molar-refractivity contribution in [1.82, 2.24) is 20.2 Å². The van der Waals surface area contributed by atoms with Crippen molar-refractivity contribution in [2.75, 3.05) is 5.73 Å². The van der Waals surface area contributed by atoms with Crippen LogP contribution in [0.25, 0.3) is 22.3 Å². The molecule has 3 N–H and O–H groups in total. The SMILES string of the molecule is Nc1ncnc2n[nH]c(-c3ccc(Oc4cccc(COc5ccccc5C(F)(F)F)c4)cc3)c12. The lowest BCUT2D eigenvalue weighted by Crippen LogP contribution is -2.08. The van der Waals surface area contributed by atoms with Crippen molar-refractivity contribution in [1.29, 1.82) is 0 Å². The van der Waals surface area contributed by atoms with Gasteiger partial charge in [0.05, 0.1) is 16.6 Å². The van der Waals surface area contributed by atoms with Gasteiger partial charge in [-0.25, -0.2) is 9.97 Å². The van der Waals surface area contributed by atoms with Crippen LogP contribution in [0.1, 0.15) is 11.1 Å². The topological polar surface area (TPSA) is 98.9 Å². The first-order valence-corrected chi connectivity index (χ1v) is 10.5. The van der Waals surface area contributed by atoms with E-state index in [1.54, 1.807) is 36.4 Å². The third kappa shape index (κ3) is 4.72. The number of nitrogens with two attached hydrogens (primary N) is 1. The van der Waals surface area contributed by atoms with Crippen LogP contribution >= 0.6 is 0 Å². The van der Waals surface area contributed by atoms with Gasteiger partial charge in [-0.1, -0.05) is 24.3 Å². The molecule has 0 aliphatic rings. The Morgan fingerprint density at radius 2 is 1.69 bits per heavy atom. The van der Waals surface area contributed by atoms with E-state index < -0.39 is 11.7 Å². The summed E-state index contributed by atoms with van der Waals surface area (Å²) in [5.74, 6) is 1.20. The molecule has 0 spiro atoms. The van der Waals surface area contributed by atoms with Crippen LogP contribution in [-0.4, -0.2) is 20.2 Å². The fourth-order valence-corrected chi connectivity index (χ4v) is 3.60. The van der Waals surface area contributed by atoms with Crippen molar-refractivity contribution in [3.8, 4) is 28.5 Å². The summed E-state index contributed by atoms with van der Waals surface area (Å²) in [6.45, 7) is -0.0420. The average molecular weight is 477 g/mol. The molecule has 2 heterocycles. The minimum atomic E-state index is -4.49. The predicted molar refractivity (Wildman–Crippen MR) is 124 cm³/mol. The van der Waals surface area contributed by atoms with Crippen LogP contribution in [0.4, 0.5) is 19.0 Å². The number of hydrogen-bond acceptors (Lipinski definition) is 6. The van der Waals surface area contributed by atoms with Gasteiger partial charge in [-0.2, -0.15) is 18.3 Å². The van der Waals surface area contributed by atoms with Crippen molar-refractivity contribution in [2.45, 2.75) is 12.8 Å². The number of nitrogen functional groups attached to an aromatic ring is 1. The van der Waals surface area contributed by atoms with Crippen LogP contribution in [0.15, 0.2) is 79.1 Å². The van der Waals surface area contributed by atoms with Gasteiger partial charge in [0.25, 0.3) is 0 Å². The number of hydrogen-bond donors (Lipinski definition) is 2. The second-order valence-corrected chi connectivity index (χ2v) is 7.61. The molecule has 35 heavy (non-hydrogen) atoms. The number of alkyl halides is 3. The lowest BCUT2D eigenvalue weighted by Gasteiger charge is -2.14. The van der Waals surface area contributed by atoms with Crippen molar-refractivity contribution in [3.05, 3.63) is 90.3 Å². The maximum Gasteiger partial charge on any atom is 0.419 e. The van der Waals surface area contributed by atoms with E-state index in [4.69, 9.17) is 15.2 Å². The standard InChI is InChI=1S/C25H18F3N5O2/c26-25(27,28)19-6-1-2-7-20(19)34-13-15-4-3-5-18(12-15)35-17-10-8-16(9-11-17)22-21-23(29)30-14-31-24(21)33-32-22/h1-12,14H,13H2,(H3,29,30,31,32,33). The molecule has 176 valence electrons. The highest BCUT2D eigenvalue weighted by Gasteiger charge is 2.34. The molecule has 7 nitrogen and oxygen atoms in total. The summed E-state index contributed by atoms with van der Waals surface area (Å²) in [6.07, 6.45) is -3.14. The zero-order chi connectivity index (χ0) is 24.4. The van der Waals surface area contributed by atoms with Crippen molar-refractivity contribution < 1.29 is 22.6 Å². The monoisotopic (exact) mass is 477 g/mol. The molecule has 0 saturated heterocycles. The Morgan fingerprint density at radius 1 is 0.886 bits per heavy atom. The van der Waals surface area contributed by atoms with Gasteiger partial charge in [-0.15, -0.1) is 0 Å². The van der Waals surface area contributed by atoms with E-state index in [1.807, 2.05) is 12.1 Å². The van der Waals surface area contributed by atoms with Gasteiger partial charge in [0, 0.05) is 5.56 Å². The number of ether oxygens (including phenoxy) is 2. The number of halogens is 3. The number of H-pyrrole nitrogens is 1. The largest absolute Gasteiger partial charge is 0.488 e. The highest BCUT2D eigenvalue weighted by atomic mass is 19.4. The molecule has 0 atom stereocenters.